The SMILES string of the molecule is OCCn1ccc(-c2cnc3c(n2)N(Cc2cccnc2Cl)CCCC3)c1. The van der Waals surface area contributed by atoms with Gasteiger partial charge in [-0.15, -0.1) is 0 Å². The average Bonchev–Trinajstić information content (AvgIpc) is 3.05. The third-order valence-corrected chi connectivity index (χ3v) is 5.16. The minimum Gasteiger partial charge on any atom is -0.395 e. The molecule has 0 aromatic carbocycles. The molecular weight excluding hydrogens is 362 g/mol. The first kappa shape index (κ1) is 17.9. The predicted molar refractivity (Wildman–Crippen MR) is 106 cm³/mol. The van der Waals surface area contributed by atoms with E-state index in [1.165, 1.54) is 0 Å². The van der Waals surface area contributed by atoms with Gasteiger partial charge >= 0.3 is 0 Å². The van der Waals surface area contributed by atoms with E-state index in [0.29, 0.717) is 18.2 Å². The second-order valence-electron chi connectivity index (χ2n) is 6.72. The smallest absolute Gasteiger partial charge is 0.151 e. The van der Waals surface area contributed by atoms with Crippen molar-refractivity contribution < 1.29 is 5.11 Å². The lowest BCUT2D eigenvalue weighted by atomic mass is 10.2. The Hall–Kier alpha value is -2.44. The number of hydrogen-bond donors (Lipinski definition) is 1. The quantitative estimate of drug-likeness (QED) is 0.684. The molecule has 0 aliphatic carbocycles. The summed E-state index contributed by atoms with van der Waals surface area (Å²) in [5.74, 6) is 0.930. The van der Waals surface area contributed by atoms with Crippen LogP contribution in [0.3, 0.4) is 0 Å². The third kappa shape index (κ3) is 3.96. The van der Waals surface area contributed by atoms with Crippen LogP contribution in [0.5, 0.6) is 0 Å². The number of aliphatic hydroxyl groups excluding tert-OH is 1. The molecule has 0 fully saturated rings. The molecular formula is C20H22ClN5O. The minimum absolute atomic E-state index is 0.115. The van der Waals surface area contributed by atoms with Crippen molar-refractivity contribution in [1.82, 2.24) is 19.5 Å². The molecule has 0 saturated carbocycles. The van der Waals surface area contributed by atoms with Crippen molar-refractivity contribution in [2.45, 2.75) is 32.4 Å². The molecule has 0 bridgehead atoms. The van der Waals surface area contributed by atoms with Gasteiger partial charge in [0, 0.05) is 49.4 Å². The van der Waals surface area contributed by atoms with Gasteiger partial charge < -0.3 is 14.6 Å². The fourth-order valence-corrected chi connectivity index (χ4v) is 3.60. The third-order valence-electron chi connectivity index (χ3n) is 4.82. The summed E-state index contributed by atoms with van der Waals surface area (Å²) in [5.41, 5.74) is 3.87. The van der Waals surface area contributed by atoms with E-state index in [1.54, 1.807) is 6.20 Å². The summed E-state index contributed by atoms with van der Waals surface area (Å²) >= 11 is 6.27. The topological polar surface area (TPSA) is 67.1 Å². The maximum atomic E-state index is 9.11. The van der Waals surface area contributed by atoms with Gasteiger partial charge in [0.25, 0.3) is 0 Å². The first-order valence-electron chi connectivity index (χ1n) is 9.22. The van der Waals surface area contributed by atoms with E-state index in [-0.39, 0.29) is 6.61 Å². The van der Waals surface area contributed by atoms with Crippen LogP contribution < -0.4 is 4.90 Å². The number of aryl methyl sites for hydroxylation is 1. The molecule has 0 unspecified atom stereocenters. The summed E-state index contributed by atoms with van der Waals surface area (Å²) in [6, 6.07) is 5.92. The zero-order valence-electron chi connectivity index (χ0n) is 15.1. The molecule has 27 heavy (non-hydrogen) atoms. The van der Waals surface area contributed by atoms with Crippen LogP contribution in [-0.2, 0) is 19.5 Å². The molecule has 0 saturated heterocycles. The minimum atomic E-state index is 0.115. The normalized spacial score (nSPS) is 14.1. The van der Waals surface area contributed by atoms with Gasteiger partial charge in [0.15, 0.2) is 5.82 Å². The summed E-state index contributed by atoms with van der Waals surface area (Å²) in [6.45, 7) is 2.28. The van der Waals surface area contributed by atoms with E-state index in [1.807, 2.05) is 41.4 Å². The van der Waals surface area contributed by atoms with E-state index in [2.05, 4.69) is 9.88 Å². The Bertz CT molecular complexity index is 926. The number of aliphatic hydroxyl groups is 1. The predicted octanol–water partition coefficient (Wildman–Crippen LogP) is 3.33. The largest absolute Gasteiger partial charge is 0.395 e. The average molecular weight is 384 g/mol. The molecule has 1 N–H and O–H groups in total. The highest BCUT2D eigenvalue weighted by atomic mass is 35.5. The highest BCUT2D eigenvalue weighted by molar-refractivity contribution is 6.30. The molecule has 1 aliphatic rings. The maximum Gasteiger partial charge on any atom is 0.151 e. The van der Waals surface area contributed by atoms with Gasteiger partial charge in [-0.3, -0.25) is 4.98 Å². The molecule has 0 amide bonds. The van der Waals surface area contributed by atoms with Crippen LogP contribution in [0.4, 0.5) is 5.82 Å². The lowest BCUT2D eigenvalue weighted by molar-refractivity contribution is 0.276. The molecule has 7 heteroatoms. The van der Waals surface area contributed by atoms with Crippen LogP contribution in [0.1, 0.15) is 24.1 Å². The summed E-state index contributed by atoms with van der Waals surface area (Å²) in [5, 5.41) is 9.65. The summed E-state index contributed by atoms with van der Waals surface area (Å²) < 4.78 is 1.95. The van der Waals surface area contributed by atoms with Crippen LogP contribution in [0.25, 0.3) is 11.3 Å². The Morgan fingerprint density at radius 2 is 2.11 bits per heavy atom. The molecule has 3 aromatic rings. The van der Waals surface area contributed by atoms with Crippen molar-refractivity contribution in [2.75, 3.05) is 18.1 Å². The van der Waals surface area contributed by atoms with Gasteiger partial charge in [-0.05, 0) is 31.4 Å². The highest BCUT2D eigenvalue weighted by Crippen LogP contribution is 2.28. The van der Waals surface area contributed by atoms with Crippen LogP contribution in [0, 0.1) is 0 Å². The first-order valence-corrected chi connectivity index (χ1v) is 9.59. The molecule has 4 rings (SSSR count). The van der Waals surface area contributed by atoms with Crippen LogP contribution in [0.15, 0.2) is 43.0 Å². The summed E-state index contributed by atoms with van der Waals surface area (Å²) in [6.07, 6.45) is 10.6. The van der Waals surface area contributed by atoms with Gasteiger partial charge in [0.1, 0.15) is 5.15 Å². The number of halogens is 1. The Labute approximate surface area is 163 Å². The Kier molecular flexibility index (Phi) is 5.36. The molecule has 0 spiro atoms. The second-order valence-corrected chi connectivity index (χ2v) is 7.08. The van der Waals surface area contributed by atoms with Crippen molar-refractivity contribution in [2.24, 2.45) is 0 Å². The van der Waals surface area contributed by atoms with E-state index >= 15 is 0 Å². The number of fused-ring (bicyclic) bond motifs is 1. The van der Waals surface area contributed by atoms with Crippen LogP contribution in [0.2, 0.25) is 5.15 Å². The molecule has 6 nitrogen and oxygen atoms in total. The van der Waals surface area contributed by atoms with E-state index < -0.39 is 0 Å². The maximum absolute atomic E-state index is 9.11. The van der Waals surface area contributed by atoms with Crippen molar-refractivity contribution in [3.05, 3.63) is 59.4 Å². The van der Waals surface area contributed by atoms with E-state index in [9.17, 15) is 0 Å². The number of pyridine rings is 1. The fourth-order valence-electron chi connectivity index (χ4n) is 3.42. The zero-order chi connectivity index (χ0) is 18.6. The molecule has 1 aliphatic heterocycles. The standard InChI is InChI=1S/C20H22ClN5O/c21-19-16(4-3-7-22-19)14-26-8-2-1-5-17-20(26)24-18(12-23-17)15-6-9-25(13-15)10-11-27/h3-4,6-7,9,12-13,27H,1-2,5,8,10-11,14H2. The van der Waals surface area contributed by atoms with Crippen LogP contribution in [-0.4, -0.2) is 37.8 Å². The molecule has 0 atom stereocenters. The molecule has 140 valence electrons. The number of rotatable bonds is 5. The monoisotopic (exact) mass is 383 g/mol. The van der Waals surface area contributed by atoms with Crippen molar-refractivity contribution in [3.63, 3.8) is 0 Å². The van der Waals surface area contributed by atoms with Gasteiger partial charge in [-0.1, -0.05) is 17.7 Å². The second kappa shape index (κ2) is 8.06. The number of aromatic nitrogens is 4. The van der Waals surface area contributed by atoms with Crippen molar-refractivity contribution >= 4 is 17.4 Å². The Morgan fingerprint density at radius 3 is 2.96 bits per heavy atom. The highest BCUT2D eigenvalue weighted by Gasteiger charge is 2.20. The Morgan fingerprint density at radius 1 is 1.19 bits per heavy atom. The van der Waals surface area contributed by atoms with Crippen LogP contribution >= 0.6 is 11.6 Å². The molecule has 4 heterocycles. The van der Waals surface area contributed by atoms with Gasteiger partial charge in [0.05, 0.1) is 24.2 Å². The lowest BCUT2D eigenvalue weighted by Crippen LogP contribution is -2.25. The van der Waals surface area contributed by atoms with Gasteiger partial charge in [-0.25, -0.2) is 9.97 Å². The first-order chi connectivity index (χ1) is 13.2. The number of hydrogen-bond acceptors (Lipinski definition) is 5. The Balaban J connectivity index is 1.67. The van der Waals surface area contributed by atoms with Crippen molar-refractivity contribution in [1.29, 1.82) is 0 Å². The van der Waals surface area contributed by atoms with E-state index in [4.69, 9.17) is 26.7 Å². The fraction of sp³-hybridized carbons (Fsp3) is 0.350. The van der Waals surface area contributed by atoms with Gasteiger partial charge in [-0.2, -0.15) is 0 Å². The van der Waals surface area contributed by atoms with E-state index in [0.717, 1.165) is 54.1 Å². The van der Waals surface area contributed by atoms with Gasteiger partial charge in [0.2, 0.25) is 0 Å². The summed E-state index contributed by atoms with van der Waals surface area (Å²) in [4.78, 5) is 16.1. The summed E-state index contributed by atoms with van der Waals surface area (Å²) in [7, 11) is 0. The number of nitrogens with zero attached hydrogens (tertiary/aromatic N) is 5. The lowest BCUT2D eigenvalue weighted by Gasteiger charge is -2.24. The van der Waals surface area contributed by atoms with Crippen molar-refractivity contribution in [3.8, 4) is 11.3 Å². The number of anilines is 1. The molecule has 3 aromatic heterocycles. The molecule has 0 radical (unpaired) electrons. The zero-order valence-corrected chi connectivity index (χ0v) is 15.8.